The summed E-state index contributed by atoms with van der Waals surface area (Å²) in [6, 6.07) is 0. The third-order valence-corrected chi connectivity index (χ3v) is 6.10. The van der Waals surface area contributed by atoms with Crippen molar-refractivity contribution in [1.29, 1.82) is 0 Å². The van der Waals surface area contributed by atoms with Gasteiger partial charge in [-0.3, -0.25) is 4.98 Å². The molecule has 0 aliphatic carbocycles. The van der Waals surface area contributed by atoms with E-state index in [1.165, 1.54) is 103 Å². The number of rotatable bonds is 18. The lowest BCUT2D eigenvalue weighted by molar-refractivity contribution is 0.531. The molecule has 0 atom stereocenters. The van der Waals surface area contributed by atoms with E-state index in [-0.39, 0.29) is 0 Å². The van der Waals surface area contributed by atoms with Crippen LogP contribution in [0.15, 0.2) is 15.5 Å². The zero-order valence-electron chi connectivity index (χ0n) is 17.1. The zero-order valence-corrected chi connectivity index (χ0v) is 19.5. The summed E-state index contributed by atoms with van der Waals surface area (Å²) in [5, 5.41) is 1.30. The molecule has 0 N–H and O–H groups in total. The molecular weight excluding hydrogens is 390 g/mol. The van der Waals surface area contributed by atoms with Crippen molar-refractivity contribution in [1.82, 2.24) is 15.0 Å². The second kappa shape index (κ2) is 17.9. The number of thioether (sulfide) groups is 1. The van der Waals surface area contributed by atoms with Crippen LogP contribution in [-0.4, -0.2) is 20.7 Å². The smallest absolute Gasteiger partial charge is 0.187 e. The molecule has 1 aromatic heterocycles. The molecule has 0 aromatic carbocycles. The first kappa shape index (κ1) is 24.8. The lowest BCUT2D eigenvalue weighted by Gasteiger charge is -2.11. The largest absolute Gasteiger partial charge is 0.740 e. The van der Waals surface area contributed by atoms with E-state index in [4.69, 9.17) is 25.3 Å². The summed E-state index contributed by atoms with van der Waals surface area (Å²) >= 11 is 11.6. The van der Waals surface area contributed by atoms with E-state index < -0.39 is 0 Å². The molecule has 0 aliphatic rings. The van der Waals surface area contributed by atoms with Crippen LogP contribution in [0, 0.1) is 0 Å². The first-order chi connectivity index (χ1) is 13.2. The SMILES string of the molecule is CCCCCCCCCCCCCCCCCCSc1nc([S-])nc([S-])n1. The Morgan fingerprint density at radius 3 is 1.33 bits per heavy atom. The maximum atomic E-state index is 4.96. The molecule has 0 saturated carbocycles. The van der Waals surface area contributed by atoms with Gasteiger partial charge in [0, 0.05) is 16.1 Å². The summed E-state index contributed by atoms with van der Waals surface area (Å²) in [5.41, 5.74) is 0. The highest BCUT2D eigenvalue weighted by atomic mass is 32.2. The molecule has 0 bridgehead atoms. The minimum atomic E-state index is 0.310. The lowest BCUT2D eigenvalue weighted by atomic mass is 10.0. The van der Waals surface area contributed by atoms with Crippen molar-refractivity contribution in [2.45, 2.75) is 125 Å². The van der Waals surface area contributed by atoms with E-state index >= 15 is 0 Å². The first-order valence-electron chi connectivity index (χ1n) is 10.9. The Morgan fingerprint density at radius 1 is 0.556 bits per heavy atom. The van der Waals surface area contributed by atoms with Crippen LogP contribution in [-0.2, 0) is 25.3 Å². The quantitative estimate of drug-likeness (QED) is 0.142. The Balaban J connectivity index is 1.78. The standard InChI is InChI=1S/C21H39N3S3/c1-2-3-4-5-6-7-8-9-10-11-12-13-14-15-16-17-18-27-21-23-19(25)22-20(26)24-21/h2-18H2,1H3,(H2,22,23,24,25,26)/p-2. The fraction of sp³-hybridized carbons (Fsp3) is 0.857. The van der Waals surface area contributed by atoms with Gasteiger partial charge in [0.05, 0.1) is 0 Å². The van der Waals surface area contributed by atoms with Gasteiger partial charge in [-0.25, -0.2) is 9.97 Å². The summed E-state index contributed by atoms with van der Waals surface area (Å²) < 4.78 is 0. The number of hydrogen-bond donors (Lipinski definition) is 0. The third-order valence-electron chi connectivity index (χ3n) is 4.80. The minimum absolute atomic E-state index is 0.310. The molecule has 0 spiro atoms. The van der Waals surface area contributed by atoms with Crippen molar-refractivity contribution >= 4 is 37.0 Å². The van der Waals surface area contributed by atoms with E-state index in [0.29, 0.717) is 15.5 Å². The molecule has 1 heterocycles. The predicted molar refractivity (Wildman–Crippen MR) is 121 cm³/mol. The Hall–Kier alpha value is -0.200. The summed E-state index contributed by atoms with van der Waals surface area (Å²) in [6.07, 6.45) is 22.4. The van der Waals surface area contributed by atoms with E-state index in [0.717, 1.165) is 5.75 Å². The number of hydrogen-bond acceptors (Lipinski definition) is 6. The highest BCUT2D eigenvalue weighted by Gasteiger charge is 1.98. The predicted octanol–water partition coefficient (Wildman–Crippen LogP) is 7.04. The molecule has 1 aromatic rings. The van der Waals surface area contributed by atoms with Crippen LogP contribution in [0.25, 0.3) is 0 Å². The van der Waals surface area contributed by atoms with Crippen molar-refractivity contribution in [3.05, 3.63) is 0 Å². The lowest BCUT2D eigenvalue weighted by Crippen LogP contribution is -1.97. The van der Waals surface area contributed by atoms with E-state index in [1.54, 1.807) is 11.8 Å². The summed E-state index contributed by atoms with van der Waals surface area (Å²) in [4.78, 5) is 12.1. The van der Waals surface area contributed by atoms with Gasteiger partial charge in [0.2, 0.25) is 0 Å². The van der Waals surface area contributed by atoms with Gasteiger partial charge in [-0.1, -0.05) is 115 Å². The molecule has 1 rings (SSSR count). The second-order valence-corrected chi connectivity index (χ2v) is 9.13. The number of unbranched alkanes of at least 4 members (excludes halogenated alkanes) is 15. The van der Waals surface area contributed by atoms with Crippen LogP contribution in [0.1, 0.15) is 110 Å². The molecule has 27 heavy (non-hydrogen) atoms. The van der Waals surface area contributed by atoms with Gasteiger partial charge in [-0.15, -0.1) is 0 Å². The number of nitrogens with zero attached hydrogens (tertiary/aromatic N) is 3. The van der Waals surface area contributed by atoms with Gasteiger partial charge in [-0.2, -0.15) is 0 Å². The van der Waals surface area contributed by atoms with Gasteiger partial charge in [0.15, 0.2) is 5.16 Å². The molecule has 156 valence electrons. The Kier molecular flexibility index (Phi) is 16.4. The maximum Gasteiger partial charge on any atom is 0.187 e. The van der Waals surface area contributed by atoms with E-state index in [1.807, 2.05) is 0 Å². The van der Waals surface area contributed by atoms with Crippen molar-refractivity contribution in [3.63, 3.8) is 0 Å². The van der Waals surface area contributed by atoms with Crippen LogP contribution in [0.3, 0.4) is 0 Å². The fourth-order valence-electron chi connectivity index (χ4n) is 3.20. The van der Waals surface area contributed by atoms with Gasteiger partial charge >= 0.3 is 0 Å². The molecule has 3 nitrogen and oxygen atoms in total. The third kappa shape index (κ3) is 15.4. The average Bonchev–Trinajstić information content (AvgIpc) is 2.63. The highest BCUT2D eigenvalue weighted by molar-refractivity contribution is 7.99. The Morgan fingerprint density at radius 2 is 0.926 bits per heavy atom. The van der Waals surface area contributed by atoms with Crippen molar-refractivity contribution in [2.75, 3.05) is 5.75 Å². The minimum Gasteiger partial charge on any atom is -0.740 e. The Labute approximate surface area is 182 Å². The van der Waals surface area contributed by atoms with Crippen molar-refractivity contribution in [3.8, 4) is 0 Å². The molecule has 6 heteroatoms. The van der Waals surface area contributed by atoms with Crippen LogP contribution in [0.4, 0.5) is 0 Å². The van der Waals surface area contributed by atoms with Gasteiger partial charge in [0.1, 0.15) is 0 Å². The van der Waals surface area contributed by atoms with E-state index in [9.17, 15) is 0 Å². The molecule has 0 amide bonds. The Bertz CT molecular complexity index is 452. The van der Waals surface area contributed by atoms with Crippen LogP contribution in [0.5, 0.6) is 0 Å². The molecule has 0 fully saturated rings. The zero-order chi connectivity index (χ0) is 19.6. The topological polar surface area (TPSA) is 38.7 Å². The highest BCUT2D eigenvalue weighted by Crippen LogP contribution is 2.17. The summed E-state index contributed by atoms with van der Waals surface area (Å²) in [6.45, 7) is 2.29. The number of aromatic nitrogens is 3. The van der Waals surface area contributed by atoms with Crippen molar-refractivity contribution < 1.29 is 0 Å². The van der Waals surface area contributed by atoms with Crippen LogP contribution in [0.2, 0.25) is 0 Å². The van der Waals surface area contributed by atoms with Gasteiger partial charge in [-0.05, 0) is 6.42 Å². The molecule has 0 aliphatic heterocycles. The van der Waals surface area contributed by atoms with E-state index in [2.05, 4.69) is 21.9 Å². The first-order valence-corrected chi connectivity index (χ1v) is 12.8. The normalized spacial score (nSPS) is 11.1. The average molecular weight is 428 g/mol. The van der Waals surface area contributed by atoms with Crippen LogP contribution >= 0.6 is 11.8 Å². The van der Waals surface area contributed by atoms with Crippen molar-refractivity contribution in [2.24, 2.45) is 0 Å². The molecule has 0 unspecified atom stereocenters. The molecule has 0 saturated heterocycles. The van der Waals surface area contributed by atoms with Gasteiger partial charge < -0.3 is 25.3 Å². The summed E-state index contributed by atoms with van der Waals surface area (Å²) in [5.74, 6) is 1.03. The van der Waals surface area contributed by atoms with Gasteiger partial charge in [0.25, 0.3) is 0 Å². The monoisotopic (exact) mass is 427 g/mol. The second-order valence-electron chi connectivity index (χ2n) is 7.33. The molecular formula is C21H37N3S3-2. The fourth-order valence-corrected chi connectivity index (χ4v) is 4.55. The van der Waals surface area contributed by atoms with Crippen LogP contribution < -0.4 is 0 Å². The maximum absolute atomic E-state index is 4.96. The summed E-state index contributed by atoms with van der Waals surface area (Å²) in [7, 11) is 0. The molecule has 0 radical (unpaired) electrons.